The predicted octanol–water partition coefficient (Wildman–Crippen LogP) is 10.3. The van der Waals surface area contributed by atoms with Gasteiger partial charge in [0.15, 0.2) is 0 Å². The van der Waals surface area contributed by atoms with Gasteiger partial charge in [0.05, 0.1) is 0 Å². The second kappa shape index (κ2) is 22.0. The largest absolute Gasteiger partial charge is 0.0885 e. The van der Waals surface area contributed by atoms with Crippen LogP contribution in [0.5, 0.6) is 0 Å². The van der Waals surface area contributed by atoms with Crippen LogP contribution in [-0.2, 0) is 0 Å². The molecular formula is C27H54. The third kappa shape index (κ3) is 21.9. The van der Waals surface area contributed by atoms with Crippen molar-refractivity contribution in [2.45, 2.75) is 150 Å². The van der Waals surface area contributed by atoms with Crippen molar-refractivity contribution in [1.82, 2.24) is 0 Å². The zero-order chi connectivity index (χ0) is 20.0. The standard InChI is InChI=1S/C27H54/c1-5-7-9-14-18-22-26(3)24-20-16-12-11-13-17-21-25-27(4)23-19-15-10-8-6-2/h11-12,26-27H,5-10,13-25H2,1-4H3. The fourth-order valence-electron chi connectivity index (χ4n) is 4.06. The smallest absolute Gasteiger partial charge is 0.0351 e. The van der Waals surface area contributed by atoms with Crippen LogP contribution in [0.15, 0.2) is 12.2 Å². The molecule has 0 rings (SSSR count). The molecule has 0 saturated carbocycles. The van der Waals surface area contributed by atoms with E-state index in [1.807, 2.05) is 0 Å². The highest BCUT2D eigenvalue weighted by atomic mass is 14.1. The van der Waals surface area contributed by atoms with Crippen LogP contribution in [0, 0.1) is 11.8 Å². The number of unbranched alkanes of at least 4 members (excludes halogenated alkanes) is 11. The molecule has 0 amide bonds. The van der Waals surface area contributed by atoms with Crippen molar-refractivity contribution in [1.29, 1.82) is 0 Å². The summed E-state index contributed by atoms with van der Waals surface area (Å²) in [6, 6.07) is 0. The van der Waals surface area contributed by atoms with Gasteiger partial charge in [-0.3, -0.25) is 0 Å². The molecule has 0 heteroatoms. The average molecular weight is 379 g/mol. The minimum Gasteiger partial charge on any atom is -0.0885 e. The number of allylic oxidation sites excluding steroid dienone is 2. The maximum atomic E-state index is 2.46. The maximum Gasteiger partial charge on any atom is -0.0351 e. The van der Waals surface area contributed by atoms with Crippen molar-refractivity contribution >= 4 is 0 Å². The van der Waals surface area contributed by atoms with Gasteiger partial charge in [0.1, 0.15) is 0 Å². The SMILES string of the molecule is CCCCCCCC(C)CCCC=CCCCCC(C)CCCCCCC. The van der Waals surface area contributed by atoms with Crippen molar-refractivity contribution in [2.24, 2.45) is 11.8 Å². The molecular weight excluding hydrogens is 324 g/mol. The van der Waals surface area contributed by atoms with Crippen molar-refractivity contribution in [3.8, 4) is 0 Å². The Hall–Kier alpha value is -0.260. The Morgan fingerprint density at radius 3 is 1.30 bits per heavy atom. The number of rotatable bonds is 21. The summed E-state index contributed by atoms with van der Waals surface area (Å²) in [5.74, 6) is 1.88. The van der Waals surface area contributed by atoms with E-state index < -0.39 is 0 Å². The Morgan fingerprint density at radius 2 is 0.815 bits per heavy atom. The molecule has 0 spiro atoms. The molecule has 0 heterocycles. The quantitative estimate of drug-likeness (QED) is 0.138. The highest BCUT2D eigenvalue weighted by Crippen LogP contribution is 2.18. The van der Waals surface area contributed by atoms with Gasteiger partial charge < -0.3 is 0 Å². The molecule has 162 valence electrons. The lowest BCUT2D eigenvalue weighted by Gasteiger charge is -2.10. The second-order valence-electron chi connectivity index (χ2n) is 9.30. The van der Waals surface area contributed by atoms with E-state index in [2.05, 4.69) is 39.8 Å². The summed E-state index contributed by atoms with van der Waals surface area (Å²) in [5.41, 5.74) is 0. The summed E-state index contributed by atoms with van der Waals surface area (Å²) in [5, 5.41) is 0. The molecule has 0 aromatic carbocycles. The normalized spacial score (nSPS) is 14.1. The monoisotopic (exact) mass is 378 g/mol. The first-order chi connectivity index (χ1) is 13.2. The fraction of sp³-hybridized carbons (Fsp3) is 0.926. The number of hydrogen-bond donors (Lipinski definition) is 0. The topological polar surface area (TPSA) is 0 Å². The first-order valence-corrected chi connectivity index (χ1v) is 12.9. The molecule has 2 atom stereocenters. The molecule has 0 bridgehead atoms. The van der Waals surface area contributed by atoms with Gasteiger partial charge in [-0.15, -0.1) is 0 Å². The van der Waals surface area contributed by atoms with E-state index in [4.69, 9.17) is 0 Å². The molecule has 0 saturated heterocycles. The number of hydrogen-bond acceptors (Lipinski definition) is 0. The zero-order valence-corrected chi connectivity index (χ0v) is 19.7. The van der Waals surface area contributed by atoms with Crippen molar-refractivity contribution in [3.05, 3.63) is 12.2 Å². The van der Waals surface area contributed by atoms with Gasteiger partial charge in [0, 0.05) is 0 Å². The minimum atomic E-state index is 0.934. The van der Waals surface area contributed by atoms with Crippen molar-refractivity contribution in [2.75, 3.05) is 0 Å². The van der Waals surface area contributed by atoms with Crippen LogP contribution >= 0.6 is 0 Å². The van der Waals surface area contributed by atoms with Crippen LogP contribution in [0.25, 0.3) is 0 Å². The van der Waals surface area contributed by atoms with Gasteiger partial charge in [-0.1, -0.05) is 136 Å². The Balaban J connectivity index is 3.32. The van der Waals surface area contributed by atoms with Crippen LogP contribution in [0.4, 0.5) is 0 Å². The summed E-state index contributed by atoms with van der Waals surface area (Å²) in [6.07, 6.45) is 31.8. The summed E-state index contributed by atoms with van der Waals surface area (Å²) < 4.78 is 0. The highest BCUT2D eigenvalue weighted by Gasteiger charge is 2.02. The highest BCUT2D eigenvalue weighted by molar-refractivity contribution is 4.81. The van der Waals surface area contributed by atoms with E-state index in [0.29, 0.717) is 0 Å². The zero-order valence-electron chi connectivity index (χ0n) is 19.7. The molecule has 0 aliphatic carbocycles. The Labute approximate surface area is 174 Å². The van der Waals surface area contributed by atoms with Gasteiger partial charge in [-0.05, 0) is 37.5 Å². The maximum absolute atomic E-state index is 2.46. The predicted molar refractivity (Wildman–Crippen MR) is 127 cm³/mol. The summed E-state index contributed by atoms with van der Waals surface area (Å²) in [6.45, 7) is 9.51. The van der Waals surface area contributed by atoms with E-state index >= 15 is 0 Å². The Bertz CT molecular complexity index is 290. The van der Waals surface area contributed by atoms with Crippen molar-refractivity contribution in [3.63, 3.8) is 0 Å². The van der Waals surface area contributed by atoms with Gasteiger partial charge in [0.2, 0.25) is 0 Å². The molecule has 0 aliphatic rings. The van der Waals surface area contributed by atoms with E-state index in [-0.39, 0.29) is 0 Å². The van der Waals surface area contributed by atoms with E-state index in [1.54, 1.807) is 0 Å². The molecule has 0 N–H and O–H groups in total. The van der Waals surface area contributed by atoms with Crippen LogP contribution in [0.1, 0.15) is 150 Å². The summed E-state index contributed by atoms with van der Waals surface area (Å²) in [7, 11) is 0. The van der Waals surface area contributed by atoms with Gasteiger partial charge in [-0.2, -0.15) is 0 Å². The molecule has 0 aliphatic heterocycles. The Morgan fingerprint density at radius 1 is 0.444 bits per heavy atom. The van der Waals surface area contributed by atoms with E-state index in [0.717, 1.165) is 11.8 Å². The lowest BCUT2D eigenvalue weighted by Crippen LogP contribution is -1.95. The van der Waals surface area contributed by atoms with Crippen molar-refractivity contribution < 1.29 is 0 Å². The first-order valence-electron chi connectivity index (χ1n) is 12.9. The second-order valence-corrected chi connectivity index (χ2v) is 9.30. The van der Waals surface area contributed by atoms with Crippen LogP contribution in [-0.4, -0.2) is 0 Å². The molecule has 0 radical (unpaired) electrons. The fourth-order valence-corrected chi connectivity index (χ4v) is 4.06. The molecule has 2 unspecified atom stereocenters. The lowest BCUT2D eigenvalue weighted by atomic mass is 9.96. The minimum absolute atomic E-state index is 0.934. The van der Waals surface area contributed by atoms with E-state index in [1.165, 1.54) is 122 Å². The van der Waals surface area contributed by atoms with Crippen LogP contribution < -0.4 is 0 Å². The molecule has 0 fully saturated rings. The third-order valence-electron chi connectivity index (χ3n) is 6.15. The van der Waals surface area contributed by atoms with Gasteiger partial charge >= 0.3 is 0 Å². The summed E-state index contributed by atoms with van der Waals surface area (Å²) >= 11 is 0. The van der Waals surface area contributed by atoms with Gasteiger partial charge in [-0.25, -0.2) is 0 Å². The lowest BCUT2D eigenvalue weighted by molar-refractivity contribution is 0.439. The Kier molecular flexibility index (Phi) is 21.8. The summed E-state index contributed by atoms with van der Waals surface area (Å²) in [4.78, 5) is 0. The molecule has 0 aromatic heterocycles. The van der Waals surface area contributed by atoms with Crippen LogP contribution in [0.2, 0.25) is 0 Å². The van der Waals surface area contributed by atoms with Crippen LogP contribution in [0.3, 0.4) is 0 Å². The third-order valence-corrected chi connectivity index (χ3v) is 6.15. The first kappa shape index (κ1) is 26.7. The van der Waals surface area contributed by atoms with Gasteiger partial charge in [0.25, 0.3) is 0 Å². The molecule has 0 aromatic rings. The average Bonchev–Trinajstić information content (AvgIpc) is 2.66. The van der Waals surface area contributed by atoms with E-state index in [9.17, 15) is 0 Å². The molecule has 27 heavy (non-hydrogen) atoms. The molecule has 0 nitrogen and oxygen atoms in total.